The maximum Gasteiger partial charge on any atom is 0.254 e. The summed E-state index contributed by atoms with van der Waals surface area (Å²) in [7, 11) is 0. The van der Waals surface area contributed by atoms with Crippen LogP contribution >= 0.6 is 23.2 Å². The number of aryl methyl sites for hydroxylation is 1. The molecule has 19 heavy (non-hydrogen) atoms. The lowest BCUT2D eigenvalue weighted by Gasteiger charge is -2.35. The second-order valence-corrected chi connectivity index (χ2v) is 5.96. The third kappa shape index (κ3) is 3.64. The summed E-state index contributed by atoms with van der Waals surface area (Å²) in [6, 6.07) is 5.80. The van der Waals surface area contributed by atoms with Gasteiger partial charge in [0.15, 0.2) is 0 Å². The van der Waals surface area contributed by atoms with Gasteiger partial charge in [-0.2, -0.15) is 0 Å². The van der Waals surface area contributed by atoms with Crippen LogP contribution in [0.25, 0.3) is 0 Å². The van der Waals surface area contributed by atoms with Crippen molar-refractivity contribution in [1.82, 2.24) is 4.90 Å². The van der Waals surface area contributed by atoms with Crippen molar-refractivity contribution >= 4 is 29.1 Å². The molecule has 0 bridgehead atoms. The number of amides is 1. The second-order valence-electron chi connectivity index (χ2n) is 5.14. The third-order valence-electron chi connectivity index (χ3n) is 3.62. The molecule has 0 spiro atoms. The minimum atomic E-state index is 0.0837. The number of piperidine rings is 1. The van der Waals surface area contributed by atoms with Crippen molar-refractivity contribution in [1.29, 1.82) is 0 Å². The Morgan fingerprint density at radius 1 is 1.37 bits per heavy atom. The van der Waals surface area contributed by atoms with Gasteiger partial charge in [-0.3, -0.25) is 4.79 Å². The number of benzene rings is 1. The number of rotatable bonds is 3. The lowest BCUT2D eigenvalue weighted by Crippen LogP contribution is -2.44. The molecule has 1 aromatic carbocycles. The predicted octanol–water partition coefficient (Wildman–Crippen LogP) is 4.27. The molecule has 2 nitrogen and oxygen atoms in total. The van der Waals surface area contributed by atoms with Crippen LogP contribution in [-0.2, 0) is 0 Å². The van der Waals surface area contributed by atoms with E-state index in [9.17, 15) is 4.79 Å². The van der Waals surface area contributed by atoms with Crippen LogP contribution in [0.15, 0.2) is 18.2 Å². The van der Waals surface area contributed by atoms with E-state index in [1.807, 2.05) is 24.0 Å². The van der Waals surface area contributed by atoms with Gasteiger partial charge in [-0.1, -0.05) is 11.6 Å². The van der Waals surface area contributed by atoms with Crippen LogP contribution in [0.1, 0.15) is 41.6 Å². The molecular weight excluding hydrogens is 281 g/mol. The first kappa shape index (κ1) is 14.7. The van der Waals surface area contributed by atoms with Crippen molar-refractivity contribution in [3.63, 3.8) is 0 Å². The van der Waals surface area contributed by atoms with Gasteiger partial charge in [-0.25, -0.2) is 0 Å². The van der Waals surface area contributed by atoms with E-state index in [0.717, 1.165) is 31.4 Å². The highest BCUT2D eigenvalue weighted by molar-refractivity contribution is 6.31. The molecule has 1 atom stereocenters. The minimum Gasteiger partial charge on any atom is -0.336 e. The van der Waals surface area contributed by atoms with E-state index >= 15 is 0 Å². The quantitative estimate of drug-likeness (QED) is 0.763. The highest BCUT2D eigenvalue weighted by Crippen LogP contribution is 2.24. The van der Waals surface area contributed by atoms with Crippen LogP contribution in [0.4, 0.5) is 0 Å². The normalized spacial score (nSPS) is 19.5. The molecule has 0 aliphatic carbocycles. The molecule has 1 saturated heterocycles. The van der Waals surface area contributed by atoms with Gasteiger partial charge in [0.2, 0.25) is 0 Å². The summed E-state index contributed by atoms with van der Waals surface area (Å²) in [4.78, 5) is 14.6. The maximum atomic E-state index is 12.6. The van der Waals surface area contributed by atoms with Crippen molar-refractivity contribution in [2.24, 2.45) is 0 Å². The van der Waals surface area contributed by atoms with Crippen LogP contribution in [0.5, 0.6) is 0 Å². The van der Waals surface area contributed by atoms with Crippen molar-refractivity contribution in [2.45, 2.75) is 38.6 Å². The number of carbonyl (C=O) groups excluding carboxylic acids is 1. The van der Waals surface area contributed by atoms with Crippen LogP contribution in [-0.4, -0.2) is 29.3 Å². The lowest BCUT2D eigenvalue weighted by atomic mass is 9.98. The number of likely N-dealkylation sites (tertiary alicyclic amines) is 1. The van der Waals surface area contributed by atoms with E-state index in [-0.39, 0.29) is 11.9 Å². The SMILES string of the molecule is Cc1cc(Cl)cc(C(=O)N2CCCCC2CCCl)c1. The van der Waals surface area contributed by atoms with E-state index in [1.54, 1.807) is 6.07 Å². The molecule has 1 aliphatic heterocycles. The van der Waals surface area contributed by atoms with Crippen molar-refractivity contribution in [3.05, 3.63) is 34.3 Å². The van der Waals surface area contributed by atoms with Gasteiger partial charge >= 0.3 is 0 Å². The number of halogens is 2. The van der Waals surface area contributed by atoms with Crippen LogP contribution in [0, 0.1) is 6.92 Å². The fourth-order valence-corrected chi connectivity index (χ4v) is 3.26. The molecule has 1 fully saturated rings. The Labute approximate surface area is 124 Å². The standard InChI is InChI=1S/C15H19Cl2NO/c1-11-8-12(10-13(17)9-11)15(19)18-7-3-2-4-14(18)5-6-16/h8-10,14H,2-7H2,1H3. The molecule has 0 aromatic heterocycles. The number of carbonyl (C=O) groups is 1. The smallest absolute Gasteiger partial charge is 0.254 e. The Morgan fingerprint density at radius 3 is 2.84 bits per heavy atom. The zero-order chi connectivity index (χ0) is 13.8. The molecule has 1 aromatic rings. The van der Waals surface area contributed by atoms with E-state index in [2.05, 4.69) is 0 Å². The largest absolute Gasteiger partial charge is 0.336 e. The van der Waals surface area contributed by atoms with Crippen LogP contribution in [0.2, 0.25) is 5.02 Å². The van der Waals surface area contributed by atoms with Gasteiger partial charge in [0.05, 0.1) is 0 Å². The Balaban J connectivity index is 2.20. The van der Waals surface area contributed by atoms with Gasteiger partial charge in [-0.15, -0.1) is 11.6 Å². The highest BCUT2D eigenvalue weighted by atomic mass is 35.5. The van der Waals surface area contributed by atoms with Crippen molar-refractivity contribution in [2.75, 3.05) is 12.4 Å². The fraction of sp³-hybridized carbons (Fsp3) is 0.533. The minimum absolute atomic E-state index is 0.0837. The first-order chi connectivity index (χ1) is 9.11. The van der Waals surface area contributed by atoms with Gasteiger partial charge in [-0.05, 0) is 56.4 Å². The van der Waals surface area contributed by atoms with E-state index in [0.29, 0.717) is 16.5 Å². The lowest BCUT2D eigenvalue weighted by molar-refractivity contribution is 0.0609. The highest BCUT2D eigenvalue weighted by Gasteiger charge is 2.27. The Kier molecular flexibility index (Phi) is 5.12. The van der Waals surface area contributed by atoms with E-state index in [1.165, 1.54) is 6.42 Å². The number of nitrogens with zero attached hydrogens (tertiary/aromatic N) is 1. The molecule has 0 N–H and O–H groups in total. The van der Waals surface area contributed by atoms with Crippen LogP contribution < -0.4 is 0 Å². The average Bonchev–Trinajstić information content (AvgIpc) is 2.38. The molecule has 104 valence electrons. The summed E-state index contributed by atoms with van der Waals surface area (Å²) in [5.41, 5.74) is 1.70. The Morgan fingerprint density at radius 2 is 2.16 bits per heavy atom. The second kappa shape index (κ2) is 6.62. The predicted molar refractivity (Wildman–Crippen MR) is 80.2 cm³/mol. The molecule has 1 aliphatic rings. The molecule has 2 rings (SSSR count). The zero-order valence-corrected chi connectivity index (χ0v) is 12.7. The summed E-state index contributed by atoms with van der Waals surface area (Å²) >= 11 is 11.9. The first-order valence-electron chi connectivity index (χ1n) is 6.76. The van der Waals surface area contributed by atoms with Crippen molar-refractivity contribution < 1.29 is 4.79 Å². The number of hydrogen-bond donors (Lipinski definition) is 0. The molecule has 4 heteroatoms. The summed E-state index contributed by atoms with van der Waals surface area (Å²) in [6.45, 7) is 2.78. The average molecular weight is 300 g/mol. The number of alkyl halides is 1. The summed E-state index contributed by atoms with van der Waals surface area (Å²) in [6.07, 6.45) is 4.18. The summed E-state index contributed by atoms with van der Waals surface area (Å²) in [5, 5.41) is 0.620. The molecule has 0 radical (unpaired) electrons. The maximum absolute atomic E-state index is 12.6. The van der Waals surface area contributed by atoms with Gasteiger partial charge in [0.1, 0.15) is 0 Å². The number of hydrogen-bond acceptors (Lipinski definition) is 1. The zero-order valence-electron chi connectivity index (χ0n) is 11.2. The van der Waals surface area contributed by atoms with Crippen molar-refractivity contribution in [3.8, 4) is 0 Å². The third-order valence-corrected chi connectivity index (χ3v) is 4.06. The Hall–Kier alpha value is -0.730. The molecule has 0 saturated carbocycles. The summed E-state index contributed by atoms with van der Waals surface area (Å²) < 4.78 is 0. The van der Waals surface area contributed by atoms with Gasteiger partial charge in [0, 0.05) is 29.1 Å². The molecule has 1 unspecified atom stereocenters. The van der Waals surface area contributed by atoms with Gasteiger partial charge in [0.25, 0.3) is 5.91 Å². The molecule has 1 heterocycles. The van der Waals surface area contributed by atoms with E-state index < -0.39 is 0 Å². The monoisotopic (exact) mass is 299 g/mol. The Bertz CT molecular complexity index is 439. The van der Waals surface area contributed by atoms with E-state index in [4.69, 9.17) is 23.2 Å². The van der Waals surface area contributed by atoms with Crippen LogP contribution in [0.3, 0.4) is 0 Å². The molecule has 1 amide bonds. The van der Waals surface area contributed by atoms with Gasteiger partial charge < -0.3 is 4.90 Å². The topological polar surface area (TPSA) is 20.3 Å². The summed E-state index contributed by atoms with van der Waals surface area (Å²) in [5.74, 6) is 0.684. The fourth-order valence-electron chi connectivity index (χ4n) is 2.72. The first-order valence-corrected chi connectivity index (χ1v) is 7.67. The molecular formula is C15H19Cl2NO.